The summed E-state index contributed by atoms with van der Waals surface area (Å²) in [6.45, 7) is 0. The maximum Gasteiger partial charge on any atom is 0.0699 e. The molecule has 2 saturated carbocycles. The first kappa shape index (κ1) is 13.6. The molecule has 0 aromatic rings. The molecule has 0 aliphatic heterocycles. The third kappa shape index (κ3) is 2.32. The standard InChI is InChI=1S/C16H26N2/c17-13-15(9-5-1-2-6-10-15)16(14-18)11-7-3-4-8-12-16/h13,17H,1-12H2. The van der Waals surface area contributed by atoms with E-state index >= 15 is 0 Å². The maximum atomic E-state index is 9.85. The third-order valence-corrected chi connectivity index (χ3v) is 5.40. The smallest absolute Gasteiger partial charge is 0.0699 e. The predicted molar refractivity (Wildman–Crippen MR) is 74.7 cm³/mol. The summed E-state index contributed by atoms with van der Waals surface area (Å²) in [7, 11) is 0. The Morgan fingerprint density at radius 3 is 1.61 bits per heavy atom. The van der Waals surface area contributed by atoms with Crippen molar-refractivity contribution in [1.82, 2.24) is 0 Å². The fourth-order valence-electron chi connectivity index (χ4n) is 4.17. The van der Waals surface area contributed by atoms with E-state index in [0.717, 1.165) is 25.7 Å². The van der Waals surface area contributed by atoms with Crippen molar-refractivity contribution < 1.29 is 0 Å². The van der Waals surface area contributed by atoms with E-state index in [4.69, 9.17) is 5.41 Å². The molecule has 0 atom stereocenters. The lowest BCUT2D eigenvalue weighted by molar-refractivity contribution is 0.128. The second-order valence-corrected chi connectivity index (χ2v) is 6.32. The van der Waals surface area contributed by atoms with E-state index < -0.39 is 0 Å². The van der Waals surface area contributed by atoms with E-state index in [1.54, 1.807) is 6.21 Å². The molecule has 0 bridgehead atoms. The van der Waals surface area contributed by atoms with Crippen molar-refractivity contribution in [2.75, 3.05) is 0 Å². The van der Waals surface area contributed by atoms with Gasteiger partial charge in [-0.3, -0.25) is 0 Å². The molecule has 2 aliphatic rings. The predicted octanol–water partition coefficient (Wildman–Crippen LogP) is 4.84. The zero-order valence-corrected chi connectivity index (χ0v) is 11.5. The Morgan fingerprint density at radius 2 is 1.22 bits per heavy atom. The maximum absolute atomic E-state index is 9.85. The van der Waals surface area contributed by atoms with Crippen molar-refractivity contribution in [3.05, 3.63) is 0 Å². The van der Waals surface area contributed by atoms with Gasteiger partial charge in [0.2, 0.25) is 0 Å². The van der Waals surface area contributed by atoms with Gasteiger partial charge in [0.15, 0.2) is 0 Å². The summed E-state index contributed by atoms with van der Waals surface area (Å²) in [5.74, 6) is 0. The lowest BCUT2D eigenvalue weighted by Crippen LogP contribution is -2.42. The second kappa shape index (κ2) is 5.87. The Hall–Kier alpha value is -0.840. The normalized spacial score (nSPS) is 27.5. The van der Waals surface area contributed by atoms with Gasteiger partial charge >= 0.3 is 0 Å². The fraction of sp³-hybridized carbons (Fsp3) is 0.875. The largest absolute Gasteiger partial charge is 0.312 e. The van der Waals surface area contributed by atoms with Crippen molar-refractivity contribution in [3.8, 4) is 6.07 Å². The molecule has 0 saturated heterocycles. The van der Waals surface area contributed by atoms with Gasteiger partial charge in [0.1, 0.15) is 0 Å². The van der Waals surface area contributed by atoms with Crippen LogP contribution in [0, 0.1) is 27.6 Å². The van der Waals surface area contributed by atoms with Crippen molar-refractivity contribution >= 4 is 6.21 Å². The average Bonchev–Trinajstić information content (AvgIpc) is 2.80. The molecule has 1 N–H and O–H groups in total. The molecule has 2 aliphatic carbocycles. The molecule has 2 heteroatoms. The number of rotatable bonds is 2. The minimum Gasteiger partial charge on any atom is -0.312 e. The summed E-state index contributed by atoms with van der Waals surface area (Å²) in [5, 5.41) is 17.9. The zero-order chi connectivity index (χ0) is 12.9. The Balaban J connectivity index is 2.31. The summed E-state index contributed by atoms with van der Waals surface area (Å²) < 4.78 is 0. The Labute approximate surface area is 111 Å². The van der Waals surface area contributed by atoms with Gasteiger partial charge in [-0.25, -0.2) is 0 Å². The molecule has 0 aromatic heterocycles. The van der Waals surface area contributed by atoms with Crippen LogP contribution >= 0.6 is 0 Å². The van der Waals surface area contributed by atoms with Crippen molar-refractivity contribution in [2.24, 2.45) is 10.8 Å². The van der Waals surface area contributed by atoms with Gasteiger partial charge in [0.05, 0.1) is 11.5 Å². The van der Waals surface area contributed by atoms with Crippen molar-refractivity contribution in [2.45, 2.75) is 77.0 Å². The van der Waals surface area contributed by atoms with Crippen LogP contribution in [-0.2, 0) is 0 Å². The number of hydrogen-bond acceptors (Lipinski definition) is 2. The molecular formula is C16H26N2. The highest BCUT2D eigenvalue weighted by Gasteiger charge is 2.49. The molecule has 0 aromatic carbocycles. The number of nitrogens with zero attached hydrogens (tertiary/aromatic N) is 1. The summed E-state index contributed by atoms with van der Waals surface area (Å²) in [6, 6.07) is 2.70. The Kier molecular flexibility index (Phi) is 4.43. The lowest BCUT2D eigenvalue weighted by atomic mass is 9.57. The summed E-state index contributed by atoms with van der Waals surface area (Å²) in [5.41, 5.74) is -0.335. The van der Waals surface area contributed by atoms with Crippen LogP contribution < -0.4 is 0 Å². The van der Waals surface area contributed by atoms with Gasteiger partial charge in [-0.1, -0.05) is 51.4 Å². The van der Waals surface area contributed by atoms with Crippen LogP contribution in [0.15, 0.2) is 0 Å². The monoisotopic (exact) mass is 246 g/mol. The minimum atomic E-state index is -0.227. The van der Waals surface area contributed by atoms with E-state index in [0.29, 0.717) is 0 Å². The Morgan fingerprint density at radius 1 is 0.778 bits per heavy atom. The van der Waals surface area contributed by atoms with Crippen LogP contribution in [-0.4, -0.2) is 6.21 Å². The average molecular weight is 246 g/mol. The van der Waals surface area contributed by atoms with Gasteiger partial charge in [-0.2, -0.15) is 5.26 Å². The van der Waals surface area contributed by atoms with Crippen molar-refractivity contribution in [1.29, 1.82) is 10.7 Å². The molecule has 18 heavy (non-hydrogen) atoms. The van der Waals surface area contributed by atoms with Gasteiger partial charge in [0.25, 0.3) is 0 Å². The fourth-order valence-corrected chi connectivity index (χ4v) is 4.17. The lowest BCUT2D eigenvalue weighted by Gasteiger charge is -2.43. The first-order valence-electron chi connectivity index (χ1n) is 7.72. The van der Waals surface area contributed by atoms with Gasteiger partial charge < -0.3 is 5.41 Å². The van der Waals surface area contributed by atoms with Crippen molar-refractivity contribution in [3.63, 3.8) is 0 Å². The first-order chi connectivity index (χ1) is 8.79. The molecule has 2 rings (SSSR count). The molecule has 0 amide bonds. The number of nitrogens with one attached hydrogen (secondary N) is 1. The second-order valence-electron chi connectivity index (χ2n) is 6.32. The molecule has 100 valence electrons. The molecule has 2 fully saturated rings. The van der Waals surface area contributed by atoms with Crippen LogP contribution in [0.3, 0.4) is 0 Å². The van der Waals surface area contributed by atoms with Gasteiger partial charge in [-0.05, 0) is 25.7 Å². The third-order valence-electron chi connectivity index (χ3n) is 5.40. The van der Waals surface area contributed by atoms with Gasteiger partial charge in [0, 0.05) is 11.6 Å². The zero-order valence-electron chi connectivity index (χ0n) is 11.5. The van der Waals surface area contributed by atoms with Crippen LogP contribution in [0.4, 0.5) is 0 Å². The molecule has 0 radical (unpaired) electrons. The van der Waals surface area contributed by atoms with Crippen LogP contribution in [0.25, 0.3) is 0 Å². The van der Waals surface area contributed by atoms with Crippen LogP contribution in [0.1, 0.15) is 77.0 Å². The molecule has 2 nitrogen and oxygen atoms in total. The van der Waals surface area contributed by atoms with E-state index in [9.17, 15) is 5.26 Å². The SMILES string of the molecule is N#CC1(C2(C=N)CCCCCC2)CCCCCC1. The van der Waals surface area contributed by atoms with E-state index in [-0.39, 0.29) is 10.8 Å². The highest BCUT2D eigenvalue weighted by molar-refractivity contribution is 5.65. The minimum absolute atomic E-state index is 0.109. The number of hydrogen-bond donors (Lipinski definition) is 1. The summed E-state index contributed by atoms with van der Waals surface area (Å²) in [4.78, 5) is 0. The highest BCUT2D eigenvalue weighted by atomic mass is 14.6. The molecule has 0 heterocycles. The van der Waals surface area contributed by atoms with Crippen LogP contribution in [0.5, 0.6) is 0 Å². The van der Waals surface area contributed by atoms with E-state index in [1.165, 1.54) is 51.4 Å². The van der Waals surface area contributed by atoms with Gasteiger partial charge in [-0.15, -0.1) is 0 Å². The Bertz CT molecular complexity index is 310. The summed E-state index contributed by atoms with van der Waals surface area (Å²) >= 11 is 0. The summed E-state index contributed by atoms with van der Waals surface area (Å²) in [6.07, 6.45) is 15.8. The van der Waals surface area contributed by atoms with E-state index in [2.05, 4.69) is 6.07 Å². The van der Waals surface area contributed by atoms with Crippen LogP contribution in [0.2, 0.25) is 0 Å². The van der Waals surface area contributed by atoms with E-state index in [1.807, 2.05) is 0 Å². The molecule has 0 unspecified atom stereocenters. The quantitative estimate of drug-likeness (QED) is 0.550. The topological polar surface area (TPSA) is 47.6 Å². The molecular weight excluding hydrogens is 220 g/mol. The first-order valence-corrected chi connectivity index (χ1v) is 7.72. The number of nitriles is 1. The highest BCUT2D eigenvalue weighted by Crippen LogP contribution is 2.54. The molecule has 0 spiro atoms.